The van der Waals surface area contributed by atoms with E-state index in [2.05, 4.69) is 65.9 Å². The van der Waals surface area contributed by atoms with E-state index >= 15 is 0 Å². The Morgan fingerprint density at radius 2 is 2.08 bits per heavy atom. The molecule has 5 heteroatoms. The number of rotatable bonds is 5. The van der Waals surface area contributed by atoms with E-state index in [1.165, 1.54) is 5.56 Å². The Labute approximate surface area is 143 Å². The summed E-state index contributed by atoms with van der Waals surface area (Å²) >= 11 is 0. The fourth-order valence-electron chi connectivity index (χ4n) is 3.53. The van der Waals surface area contributed by atoms with Gasteiger partial charge in [-0.25, -0.2) is 0 Å². The van der Waals surface area contributed by atoms with Crippen LogP contribution in [0.3, 0.4) is 0 Å². The van der Waals surface area contributed by atoms with Crippen molar-refractivity contribution in [2.24, 2.45) is 0 Å². The van der Waals surface area contributed by atoms with Gasteiger partial charge in [-0.3, -0.25) is 9.89 Å². The SMILES string of the molecule is CC(CC(C)(C)c1ccccc1)NC(=O)c1n[nH]c2c1CNCC2. The maximum absolute atomic E-state index is 12.6. The minimum absolute atomic E-state index is 0.000510. The van der Waals surface area contributed by atoms with Gasteiger partial charge in [0.15, 0.2) is 5.69 Å². The molecule has 5 nitrogen and oxygen atoms in total. The number of hydrogen-bond donors (Lipinski definition) is 3. The minimum Gasteiger partial charge on any atom is -0.348 e. The molecule has 1 amide bonds. The lowest BCUT2D eigenvalue weighted by Gasteiger charge is -2.29. The van der Waals surface area contributed by atoms with Crippen molar-refractivity contribution >= 4 is 5.91 Å². The third-order valence-electron chi connectivity index (χ3n) is 4.77. The maximum Gasteiger partial charge on any atom is 0.272 e. The van der Waals surface area contributed by atoms with Gasteiger partial charge in [0.25, 0.3) is 5.91 Å². The zero-order valence-electron chi connectivity index (χ0n) is 14.6. The van der Waals surface area contributed by atoms with Crippen molar-refractivity contribution in [2.75, 3.05) is 6.54 Å². The second kappa shape index (κ2) is 6.77. The monoisotopic (exact) mass is 326 g/mol. The third-order valence-corrected chi connectivity index (χ3v) is 4.77. The van der Waals surface area contributed by atoms with Gasteiger partial charge in [0.1, 0.15) is 0 Å². The first-order valence-corrected chi connectivity index (χ1v) is 8.60. The number of nitrogens with zero attached hydrogens (tertiary/aromatic N) is 1. The van der Waals surface area contributed by atoms with Crippen LogP contribution in [-0.2, 0) is 18.4 Å². The van der Waals surface area contributed by atoms with E-state index in [0.29, 0.717) is 12.2 Å². The van der Waals surface area contributed by atoms with Crippen molar-refractivity contribution in [2.45, 2.75) is 51.6 Å². The van der Waals surface area contributed by atoms with Crippen LogP contribution in [0.2, 0.25) is 0 Å². The standard InChI is InChI=1S/C19H26N4O/c1-13(11-19(2,3)14-7-5-4-6-8-14)21-18(24)17-15-12-20-10-9-16(15)22-23-17/h4-8,13,20H,9-12H2,1-3H3,(H,21,24)(H,22,23). The van der Waals surface area contributed by atoms with Crippen molar-refractivity contribution < 1.29 is 4.79 Å². The summed E-state index contributed by atoms with van der Waals surface area (Å²) in [6, 6.07) is 10.5. The molecule has 1 aliphatic rings. The normalized spacial score (nSPS) is 15.6. The Hall–Kier alpha value is -2.14. The van der Waals surface area contributed by atoms with Crippen LogP contribution < -0.4 is 10.6 Å². The lowest BCUT2D eigenvalue weighted by atomic mass is 9.79. The second-order valence-electron chi connectivity index (χ2n) is 7.28. The van der Waals surface area contributed by atoms with Crippen molar-refractivity contribution in [1.82, 2.24) is 20.8 Å². The number of carbonyl (C=O) groups excluding carboxylic acids is 1. The lowest BCUT2D eigenvalue weighted by molar-refractivity contribution is 0.0928. The van der Waals surface area contributed by atoms with Crippen LogP contribution in [-0.4, -0.2) is 28.7 Å². The zero-order valence-corrected chi connectivity index (χ0v) is 14.6. The summed E-state index contributed by atoms with van der Waals surface area (Å²) in [4.78, 5) is 12.6. The van der Waals surface area contributed by atoms with Gasteiger partial charge in [0.05, 0.1) is 0 Å². The van der Waals surface area contributed by atoms with Gasteiger partial charge in [0, 0.05) is 36.8 Å². The molecule has 24 heavy (non-hydrogen) atoms. The van der Waals surface area contributed by atoms with Crippen LogP contribution in [0.25, 0.3) is 0 Å². The predicted molar refractivity (Wildman–Crippen MR) is 95.0 cm³/mol. The summed E-state index contributed by atoms with van der Waals surface area (Å²) in [5, 5.41) is 13.6. The van der Waals surface area contributed by atoms with Crippen LogP contribution in [0.1, 0.15) is 54.5 Å². The number of carbonyl (C=O) groups is 1. The Kier molecular flexibility index (Phi) is 4.71. The van der Waals surface area contributed by atoms with E-state index in [1.807, 2.05) is 6.07 Å². The van der Waals surface area contributed by atoms with E-state index < -0.39 is 0 Å². The van der Waals surface area contributed by atoms with Gasteiger partial charge in [-0.15, -0.1) is 0 Å². The molecule has 1 aromatic carbocycles. The molecular formula is C19H26N4O. The molecular weight excluding hydrogens is 300 g/mol. The highest BCUT2D eigenvalue weighted by molar-refractivity contribution is 5.94. The number of aromatic nitrogens is 2. The van der Waals surface area contributed by atoms with Gasteiger partial charge < -0.3 is 10.6 Å². The highest BCUT2D eigenvalue weighted by Gasteiger charge is 2.26. The highest BCUT2D eigenvalue weighted by Crippen LogP contribution is 2.28. The second-order valence-corrected chi connectivity index (χ2v) is 7.28. The number of nitrogens with one attached hydrogen (secondary N) is 3. The Morgan fingerprint density at radius 1 is 1.33 bits per heavy atom. The first-order valence-electron chi connectivity index (χ1n) is 8.60. The number of amides is 1. The van der Waals surface area contributed by atoms with Crippen molar-refractivity contribution in [3.63, 3.8) is 0 Å². The number of benzene rings is 1. The smallest absolute Gasteiger partial charge is 0.272 e. The molecule has 0 saturated heterocycles. The van der Waals surface area contributed by atoms with Crippen molar-refractivity contribution in [3.05, 3.63) is 52.8 Å². The summed E-state index contributed by atoms with van der Waals surface area (Å²) in [5.74, 6) is -0.0902. The number of H-pyrrole nitrogens is 1. The van der Waals surface area contributed by atoms with Crippen LogP contribution in [0, 0.1) is 0 Å². The van der Waals surface area contributed by atoms with Gasteiger partial charge >= 0.3 is 0 Å². The van der Waals surface area contributed by atoms with Gasteiger partial charge in [-0.1, -0.05) is 44.2 Å². The third kappa shape index (κ3) is 3.51. The predicted octanol–water partition coefficient (Wildman–Crippen LogP) is 2.54. The molecule has 3 rings (SSSR count). The van der Waals surface area contributed by atoms with Crippen molar-refractivity contribution in [1.29, 1.82) is 0 Å². The molecule has 1 atom stereocenters. The zero-order chi connectivity index (χ0) is 17.2. The van der Waals surface area contributed by atoms with Gasteiger partial charge in [-0.2, -0.15) is 5.10 Å². The number of hydrogen-bond acceptors (Lipinski definition) is 3. The fraction of sp³-hybridized carbons (Fsp3) is 0.474. The summed E-state index contributed by atoms with van der Waals surface area (Å²) in [7, 11) is 0. The van der Waals surface area contributed by atoms with E-state index in [1.54, 1.807) is 0 Å². The maximum atomic E-state index is 12.6. The summed E-state index contributed by atoms with van der Waals surface area (Å²) < 4.78 is 0. The molecule has 1 aromatic heterocycles. The molecule has 0 aliphatic carbocycles. The van der Waals surface area contributed by atoms with Crippen LogP contribution in [0.15, 0.2) is 30.3 Å². The molecule has 128 valence electrons. The largest absolute Gasteiger partial charge is 0.348 e. The molecule has 0 saturated carbocycles. The van der Waals surface area contributed by atoms with Crippen LogP contribution >= 0.6 is 0 Å². The van der Waals surface area contributed by atoms with Crippen LogP contribution in [0.5, 0.6) is 0 Å². The molecule has 2 aromatic rings. The number of fused-ring (bicyclic) bond motifs is 1. The summed E-state index contributed by atoms with van der Waals surface area (Å²) in [6.07, 6.45) is 1.76. The Morgan fingerprint density at radius 3 is 2.83 bits per heavy atom. The van der Waals surface area contributed by atoms with E-state index in [9.17, 15) is 4.79 Å². The highest BCUT2D eigenvalue weighted by atomic mass is 16.2. The lowest BCUT2D eigenvalue weighted by Crippen LogP contribution is -2.38. The Balaban J connectivity index is 1.65. The van der Waals surface area contributed by atoms with E-state index in [-0.39, 0.29) is 17.4 Å². The van der Waals surface area contributed by atoms with Gasteiger partial charge in [0.2, 0.25) is 0 Å². The summed E-state index contributed by atoms with van der Waals surface area (Å²) in [5.41, 5.74) is 3.90. The quantitative estimate of drug-likeness (QED) is 0.791. The topological polar surface area (TPSA) is 69.8 Å². The summed E-state index contributed by atoms with van der Waals surface area (Å²) in [6.45, 7) is 8.12. The first kappa shape index (κ1) is 16.7. The Bertz CT molecular complexity index is 705. The van der Waals surface area contributed by atoms with Crippen molar-refractivity contribution in [3.8, 4) is 0 Å². The molecule has 0 radical (unpaired) electrons. The molecule has 1 unspecified atom stereocenters. The first-order chi connectivity index (χ1) is 11.5. The van der Waals surface area contributed by atoms with Crippen LogP contribution in [0.4, 0.5) is 0 Å². The molecule has 0 bridgehead atoms. The van der Waals surface area contributed by atoms with E-state index in [4.69, 9.17) is 0 Å². The van der Waals surface area contributed by atoms with Gasteiger partial charge in [-0.05, 0) is 24.3 Å². The molecule has 1 aliphatic heterocycles. The molecule has 0 spiro atoms. The van der Waals surface area contributed by atoms with E-state index in [0.717, 1.165) is 30.6 Å². The molecule has 3 N–H and O–H groups in total. The average molecular weight is 326 g/mol. The number of aromatic amines is 1. The molecule has 0 fully saturated rings. The average Bonchev–Trinajstić information content (AvgIpc) is 2.99. The molecule has 2 heterocycles. The fourth-order valence-corrected chi connectivity index (χ4v) is 3.53. The minimum atomic E-state index is -0.0902.